The first kappa shape index (κ1) is 19.9. The van der Waals surface area contributed by atoms with E-state index < -0.39 is 0 Å². The molecular formula is C24H26N4O2. The van der Waals surface area contributed by atoms with Crippen LogP contribution in [0.15, 0.2) is 54.7 Å². The average Bonchev–Trinajstić information content (AvgIpc) is 3.42. The van der Waals surface area contributed by atoms with Gasteiger partial charge in [0.2, 0.25) is 0 Å². The topological polar surface area (TPSA) is 76.0 Å². The van der Waals surface area contributed by atoms with Crippen molar-refractivity contribution in [2.24, 2.45) is 0 Å². The van der Waals surface area contributed by atoms with Crippen molar-refractivity contribution >= 4 is 17.5 Å². The average molecular weight is 402 g/mol. The van der Waals surface area contributed by atoms with Gasteiger partial charge in [0.05, 0.1) is 23.1 Å². The smallest absolute Gasteiger partial charge is 0.259 e. The third-order valence-electron chi connectivity index (χ3n) is 5.19. The summed E-state index contributed by atoms with van der Waals surface area (Å²) < 4.78 is 1.82. The lowest BCUT2D eigenvalue weighted by Gasteiger charge is -2.13. The van der Waals surface area contributed by atoms with Crippen molar-refractivity contribution in [3.05, 3.63) is 77.1 Å². The van der Waals surface area contributed by atoms with E-state index in [1.165, 1.54) is 5.56 Å². The van der Waals surface area contributed by atoms with Crippen LogP contribution >= 0.6 is 0 Å². The molecule has 1 saturated carbocycles. The molecule has 2 amide bonds. The molecule has 0 atom stereocenters. The highest BCUT2D eigenvalue weighted by molar-refractivity contribution is 6.05. The molecule has 1 heterocycles. The highest BCUT2D eigenvalue weighted by Crippen LogP contribution is 2.24. The van der Waals surface area contributed by atoms with E-state index in [-0.39, 0.29) is 17.7 Å². The summed E-state index contributed by atoms with van der Waals surface area (Å²) in [7, 11) is 0. The molecule has 1 aliphatic rings. The number of rotatable bonds is 6. The molecule has 154 valence electrons. The van der Waals surface area contributed by atoms with Crippen molar-refractivity contribution in [3.8, 4) is 5.69 Å². The van der Waals surface area contributed by atoms with Gasteiger partial charge in [0.25, 0.3) is 11.8 Å². The molecule has 0 radical (unpaired) electrons. The zero-order valence-corrected chi connectivity index (χ0v) is 17.5. The molecule has 0 spiro atoms. The van der Waals surface area contributed by atoms with E-state index >= 15 is 0 Å². The first-order valence-electron chi connectivity index (χ1n) is 10.3. The molecule has 30 heavy (non-hydrogen) atoms. The molecule has 1 aromatic heterocycles. The molecule has 3 aromatic rings. The van der Waals surface area contributed by atoms with Gasteiger partial charge >= 0.3 is 0 Å². The van der Waals surface area contributed by atoms with Gasteiger partial charge in [-0.25, -0.2) is 4.68 Å². The third kappa shape index (κ3) is 4.27. The first-order valence-corrected chi connectivity index (χ1v) is 10.3. The van der Waals surface area contributed by atoms with Crippen molar-refractivity contribution < 1.29 is 9.59 Å². The molecule has 2 N–H and O–H groups in total. The van der Waals surface area contributed by atoms with E-state index in [2.05, 4.69) is 15.7 Å². The Morgan fingerprint density at radius 3 is 2.27 bits per heavy atom. The summed E-state index contributed by atoms with van der Waals surface area (Å²) in [5, 5.41) is 10.4. The van der Waals surface area contributed by atoms with Gasteiger partial charge in [-0.05, 0) is 62.1 Å². The van der Waals surface area contributed by atoms with Crippen molar-refractivity contribution in [3.63, 3.8) is 0 Å². The van der Waals surface area contributed by atoms with Gasteiger partial charge in [0.1, 0.15) is 0 Å². The van der Waals surface area contributed by atoms with E-state index in [9.17, 15) is 9.59 Å². The Morgan fingerprint density at radius 2 is 1.67 bits per heavy atom. The predicted molar refractivity (Wildman–Crippen MR) is 117 cm³/mol. The molecule has 2 aromatic carbocycles. The van der Waals surface area contributed by atoms with Gasteiger partial charge in [-0.1, -0.05) is 31.5 Å². The van der Waals surface area contributed by atoms with Crippen LogP contribution < -0.4 is 10.6 Å². The van der Waals surface area contributed by atoms with Gasteiger partial charge in [-0.2, -0.15) is 5.10 Å². The number of benzene rings is 2. The van der Waals surface area contributed by atoms with Crippen LogP contribution in [0.4, 0.5) is 5.69 Å². The summed E-state index contributed by atoms with van der Waals surface area (Å²) in [6.45, 7) is 6.13. The minimum absolute atomic E-state index is 0.0724. The maximum Gasteiger partial charge on any atom is 0.259 e. The van der Waals surface area contributed by atoms with Crippen molar-refractivity contribution in [2.45, 2.75) is 45.6 Å². The largest absolute Gasteiger partial charge is 0.349 e. The second-order valence-corrected chi connectivity index (χ2v) is 8.12. The predicted octanol–water partition coefficient (Wildman–Crippen LogP) is 4.45. The zero-order chi connectivity index (χ0) is 21.3. The molecule has 6 heteroatoms. The van der Waals surface area contributed by atoms with Crippen LogP contribution in [0.1, 0.15) is 64.6 Å². The van der Waals surface area contributed by atoms with E-state index in [1.807, 2.05) is 49.7 Å². The second-order valence-electron chi connectivity index (χ2n) is 8.12. The van der Waals surface area contributed by atoms with Crippen LogP contribution in [0.2, 0.25) is 0 Å². The molecular weight excluding hydrogens is 376 g/mol. The number of hydrogen-bond donors (Lipinski definition) is 2. The van der Waals surface area contributed by atoms with Crippen LogP contribution in [0.3, 0.4) is 0 Å². The summed E-state index contributed by atoms with van der Waals surface area (Å²) in [6.07, 6.45) is 3.71. The Morgan fingerprint density at radius 1 is 1.00 bits per heavy atom. The van der Waals surface area contributed by atoms with Crippen LogP contribution in [0.25, 0.3) is 5.69 Å². The van der Waals surface area contributed by atoms with Crippen molar-refractivity contribution in [2.75, 3.05) is 5.32 Å². The Kier molecular flexibility index (Phi) is 5.40. The maximum atomic E-state index is 13.0. The lowest BCUT2D eigenvalue weighted by atomic mass is 10.0. The van der Waals surface area contributed by atoms with Crippen LogP contribution in [-0.2, 0) is 0 Å². The number of carbonyl (C=O) groups is 2. The lowest BCUT2D eigenvalue weighted by molar-refractivity contribution is 0.0950. The fraction of sp³-hybridized carbons (Fsp3) is 0.292. The number of aromatic nitrogens is 2. The third-order valence-corrected chi connectivity index (χ3v) is 5.19. The lowest BCUT2D eigenvalue weighted by Crippen LogP contribution is -2.25. The molecule has 1 fully saturated rings. The Bertz CT molecular complexity index is 1060. The van der Waals surface area contributed by atoms with Crippen LogP contribution in [0.5, 0.6) is 0 Å². The minimum atomic E-state index is -0.216. The molecule has 0 saturated heterocycles. The summed E-state index contributed by atoms with van der Waals surface area (Å²) in [4.78, 5) is 25.1. The Hall–Kier alpha value is -3.41. The molecule has 0 unspecified atom stereocenters. The zero-order valence-electron chi connectivity index (χ0n) is 17.5. The standard InChI is InChI=1S/C24H26N4O2/c1-15(2)22-21(14-25-28(22)20-12-4-16(3)5-13-20)24(30)27-18-8-6-17(7-9-18)23(29)26-19-10-11-19/h4-9,12-15,19H,10-11H2,1-3H3,(H,26,29)(H,27,30). The van der Waals surface area contributed by atoms with E-state index in [0.717, 1.165) is 24.2 Å². The highest BCUT2D eigenvalue weighted by atomic mass is 16.2. The minimum Gasteiger partial charge on any atom is -0.349 e. The van der Waals surface area contributed by atoms with Crippen LogP contribution in [0, 0.1) is 6.92 Å². The van der Waals surface area contributed by atoms with Gasteiger partial charge in [-0.15, -0.1) is 0 Å². The molecule has 1 aliphatic carbocycles. The Balaban J connectivity index is 1.53. The SMILES string of the molecule is Cc1ccc(-n2ncc(C(=O)Nc3ccc(C(=O)NC4CC4)cc3)c2C(C)C)cc1. The Labute approximate surface area is 176 Å². The molecule has 6 nitrogen and oxygen atoms in total. The normalized spacial score (nSPS) is 13.3. The summed E-state index contributed by atoms with van der Waals surface area (Å²) in [6, 6.07) is 15.3. The first-order chi connectivity index (χ1) is 14.4. The van der Waals surface area contributed by atoms with Gasteiger partial charge in [-0.3, -0.25) is 9.59 Å². The number of anilines is 1. The fourth-order valence-corrected chi connectivity index (χ4v) is 3.38. The van der Waals surface area contributed by atoms with E-state index in [4.69, 9.17) is 0 Å². The maximum absolute atomic E-state index is 13.0. The number of carbonyl (C=O) groups excluding carboxylic acids is 2. The molecule has 0 bridgehead atoms. The number of aryl methyl sites for hydroxylation is 1. The molecule has 4 rings (SSSR count). The number of nitrogens with zero attached hydrogens (tertiary/aromatic N) is 2. The van der Waals surface area contributed by atoms with Crippen LogP contribution in [-0.4, -0.2) is 27.6 Å². The quantitative estimate of drug-likeness (QED) is 0.640. The van der Waals surface area contributed by atoms with Gasteiger partial charge in [0, 0.05) is 17.3 Å². The number of nitrogens with one attached hydrogen (secondary N) is 2. The van der Waals surface area contributed by atoms with Crippen molar-refractivity contribution in [1.29, 1.82) is 0 Å². The van der Waals surface area contributed by atoms with Gasteiger partial charge < -0.3 is 10.6 Å². The number of hydrogen-bond acceptors (Lipinski definition) is 3. The highest BCUT2D eigenvalue weighted by Gasteiger charge is 2.24. The number of amides is 2. The fourth-order valence-electron chi connectivity index (χ4n) is 3.38. The summed E-state index contributed by atoms with van der Waals surface area (Å²) in [5.74, 6) is -0.174. The summed E-state index contributed by atoms with van der Waals surface area (Å²) in [5.41, 5.74) is 4.73. The van der Waals surface area contributed by atoms with Gasteiger partial charge in [0.15, 0.2) is 0 Å². The second kappa shape index (κ2) is 8.14. The monoisotopic (exact) mass is 402 g/mol. The molecule has 0 aliphatic heterocycles. The van der Waals surface area contributed by atoms with Crippen molar-refractivity contribution in [1.82, 2.24) is 15.1 Å². The van der Waals surface area contributed by atoms with E-state index in [1.54, 1.807) is 30.5 Å². The summed E-state index contributed by atoms with van der Waals surface area (Å²) >= 11 is 0. The van der Waals surface area contributed by atoms with E-state index in [0.29, 0.717) is 22.9 Å².